The predicted octanol–water partition coefficient (Wildman–Crippen LogP) is 4.08. The zero-order valence-corrected chi connectivity index (χ0v) is 18.0. The van der Waals surface area contributed by atoms with Gasteiger partial charge in [0.2, 0.25) is 5.91 Å². The van der Waals surface area contributed by atoms with Crippen molar-refractivity contribution >= 4 is 28.9 Å². The Kier molecular flexibility index (Phi) is 6.68. The van der Waals surface area contributed by atoms with Crippen LogP contribution >= 0.6 is 0 Å². The molecule has 1 N–H and O–H groups in total. The molecule has 2 aromatic carbocycles. The van der Waals surface area contributed by atoms with Gasteiger partial charge in [-0.3, -0.25) is 19.7 Å². The molecule has 0 aromatic heterocycles. The third-order valence-corrected chi connectivity index (χ3v) is 6.24. The standard InChI is InChI=1S/C24H28N4O4/c29-23(25-19-9-3-1-4-10-19)18-8-7-15-27(17-18)24(30)21-16-20(28(31)32)11-12-22(21)26-13-5-2-6-14-26/h1,3-4,9-12,16,18H,2,5-8,13-15,17H2,(H,25,29). The van der Waals surface area contributed by atoms with E-state index in [2.05, 4.69) is 10.2 Å². The first-order chi connectivity index (χ1) is 15.5. The van der Waals surface area contributed by atoms with Crippen LogP contribution in [0.3, 0.4) is 0 Å². The van der Waals surface area contributed by atoms with Crippen LogP contribution in [0.1, 0.15) is 42.5 Å². The number of hydrogen-bond acceptors (Lipinski definition) is 5. The summed E-state index contributed by atoms with van der Waals surface area (Å²) in [7, 11) is 0. The summed E-state index contributed by atoms with van der Waals surface area (Å²) in [4.78, 5) is 41.0. The number of nitro groups is 1. The first kappa shape index (κ1) is 21.8. The third-order valence-electron chi connectivity index (χ3n) is 6.24. The molecule has 2 amide bonds. The smallest absolute Gasteiger partial charge is 0.270 e. The maximum atomic E-state index is 13.5. The summed E-state index contributed by atoms with van der Waals surface area (Å²) < 4.78 is 0. The molecule has 2 aromatic rings. The minimum Gasteiger partial charge on any atom is -0.371 e. The monoisotopic (exact) mass is 436 g/mol. The molecule has 32 heavy (non-hydrogen) atoms. The van der Waals surface area contributed by atoms with Crippen molar-refractivity contribution in [3.05, 3.63) is 64.2 Å². The van der Waals surface area contributed by atoms with E-state index < -0.39 is 4.92 Å². The molecule has 2 saturated heterocycles. The van der Waals surface area contributed by atoms with Crippen LogP contribution in [-0.4, -0.2) is 47.8 Å². The summed E-state index contributed by atoms with van der Waals surface area (Å²) in [5.74, 6) is -0.666. The third kappa shape index (κ3) is 4.90. The minimum atomic E-state index is -0.469. The maximum Gasteiger partial charge on any atom is 0.270 e. The second kappa shape index (κ2) is 9.80. The Hall–Kier alpha value is -3.42. The Morgan fingerprint density at radius 1 is 0.969 bits per heavy atom. The molecule has 0 spiro atoms. The van der Waals surface area contributed by atoms with Crippen LogP contribution < -0.4 is 10.2 Å². The molecular formula is C24H28N4O4. The number of para-hydroxylation sites is 1. The van der Waals surface area contributed by atoms with Gasteiger partial charge in [0.1, 0.15) is 0 Å². The fraction of sp³-hybridized carbons (Fsp3) is 0.417. The Bertz CT molecular complexity index is 989. The molecule has 0 aliphatic carbocycles. The number of rotatable bonds is 5. The van der Waals surface area contributed by atoms with Gasteiger partial charge in [-0.25, -0.2) is 0 Å². The highest BCUT2D eigenvalue weighted by atomic mass is 16.6. The van der Waals surface area contributed by atoms with Gasteiger partial charge < -0.3 is 15.1 Å². The molecule has 0 bridgehead atoms. The summed E-state index contributed by atoms with van der Waals surface area (Å²) in [6.07, 6.45) is 4.65. The fourth-order valence-electron chi connectivity index (χ4n) is 4.53. The molecule has 0 radical (unpaired) electrons. The van der Waals surface area contributed by atoms with E-state index in [1.165, 1.54) is 12.1 Å². The van der Waals surface area contributed by atoms with Crippen molar-refractivity contribution in [3.63, 3.8) is 0 Å². The summed E-state index contributed by atoms with van der Waals surface area (Å²) in [6, 6.07) is 13.8. The first-order valence-electron chi connectivity index (χ1n) is 11.2. The quantitative estimate of drug-likeness (QED) is 0.563. The molecule has 0 saturated carbocycles. The summed E-state index contributed by atoms with van der Waals surface area (Å²) in [6.45, 7) is 2.51. The van der Waals surface area contributed by atoms with Gasteiger partial charge in [0.25, 0.3) is 11.6 Å². The van der Waals surface area contributed by atoms with Crippen LogP contribution in [0.25, 0.3) is 0 Å². The van der Waals surface area contributed by atoms with Crippen LogP contribution in [0.2, 0.25) is 0 Å². The lowest BCUT2D eigenvalue weighted by atomic mass is 9.96. The molecule has 168 valence electrons. The van der Waals surface area contributed by atoms with Crippen molar-refractivity contribution in [2.75, 3.05) is 36.4 Å². The van der Waals surface area contributed by atoms with E-state index in [0.29, 0.717) is 31.5 Å². The lowest BCUT2D eigenvalue weighted by molar-refractivity contribution is -0.384. The van der Waals surface area contributed by atoms with Gasteiger partial charge >= 0.3 is 0 Å². The van der Waals surface area contributed by atoms with Gasteiger partial charge in [0.15, 0.2) is 0 Å². The Balaban J connectivity index is 1.54. The zero-order chi connectivity index (χ0) is 22.5. The molecule has 2 heterocycles. The second-order valence-electron chi connectivity index (χ2n) is 8.45. The van der Waals surface area contributed by atoms with Crippen LogP contribution in [0.4, 0.5) is 17.1 Å². The average Bonchev–Trinajstić information content (AvgIpc) is 2.84. The van der Waals surface area contributed by atoms with E-state index in [1.807, 2.05) is 30.3 Å². The SMILES string of the molecule is O=C(Nc1ccccc1)C1CCCN(C(=O)c2cc([N+](=O)[O-])ccc2N2CCCCC2)C1. The van der Waals surface area contributed by atoms with Gasteiger partial charge in [-0.05, 0) is 50.3 Å². The van der Waals surface area contributed by atoms with Gasteiger partial charge in [0.05, 0.1) is 22.1 Å². The van der Waals surface area contributed by atoms with Gasteiger partial charge in [-0.2, -0.15) is 0 Å². The number of carbonyl (C=O) groups excluding carboxylic acids is 2. The van der Waals surface area contributed by atoms with Crippen LogP contribution in [0.5, 0.6) is 0 Å². The molecule has 2 aliphatic rings. The van der Waals surface area contributed by atoms with Crippen molar-refractivity contribution in [1.29, 1.82) is 0 Å². The first-order valence-corrected chi connectivity index (χ1v) is 11.2. The van der Waals surface area contributed by atoms with Gasteiger partial charge in [-0.1, -0.05) is 18.2 Å². The Morgan fingerprint density at radius 3 is 2.44 bits per heavy atom. The van der Waals surface area contributed by atoms with Gasteiger partial charge in [-0.15, -0.1) is 0 Å². The molecule has 2 aliphatic heterocycles. The lowest BCUT2D eigenvalue weighted by Gasteiger charge is -2.34. The number of nitro benzene ring substituents is 1. The van der Waals surface area contributed by atoms with E-state index in [9.17, 15) is 19.7 Å². The number of benzene rings is 2. The predicted molar refractivity (Wildman–Crippen MR) is 123 cm³/mol. The van der Waals surface area contributed by atoms with E-state index in [-0.39, 0.29) is 23.4 Å². The van der Waals surface area contributed by atoms with Crippen molar-refractivity contribution in [2.24, 2.45) is 5.92 Å². The van der Waals surface area contributed by atoms with Crippen LogP contribution in [-0.2, 0) is 4.79 Å². The number of non-ortho nitro benzene ring substituents is 1. The Labute approximate surface area is 187 Å². The maximum absolute atomic E-state index is 13.5. The van der Waals surface area contributed by atoms with Crippen molar-refractivity contribution < 1.29 is 14.5 Å². The molecule has 8 nitrogen and oxygen atoms in total. The molecule has 1 unspecified atom stereocenters. The van der Waals surface area contributed by atoms with E-state index >= 15 is 0 Å². The van der Waals surface area contributed by atoms with E-state index in [0.717, 1.165) is 43.7 Å². The number of likely N-dealkylation sites (tertiary alicyclic amines) is 1. The van der Waals surface area contributed by atoms with Crippen molar-refractivity contribution in [3.8, 4) is 0 Å². The highest BCUT2D eigenvalue weighted by Crippen LogP contribution is 2.30. The van der Waals surface area contributed by atoms with E-state index in [1.54, 1.807) is 11.0 Å². The lowest BCUT2D eigenvalue weighted by Crippen LogP contribution is -2.44. The molecule has 4 rings (SSSR count). The number of piperidine rings is 2. The van der Waals surface area contributed by atoms with Crippen LogP contribution in [0.15, 0.2) is 48.5 Å². The summed E-state index contributed by atoms with van der Waals surface area (Å²) in [5, 5.41) is 14.3. The molecule has 2 fully saturated rings. The largest absolute Gasteiger partial charge is 0.371 e. The second-order valence-corrected chi connectivity index (χ2v) is 8.45. The number of carbonyl (C=O) groups is 2. The average molecular weight is 437 g/mol. The Morgan fingerprint density at radius 2 is 1.72 bits per heavy atom. The minimum absolute atomic E-state index is 0.0931. The highest BCUT2D eigenvalue weighted by Gasteiger charge is 2.31. The highest BCUT2D eigenvalue weighted by molar-refractivity contribution is 6.01. The number of hydrogen-bond donors (Lipinski definition) is 1. The van der Waals surface area contributed by atoms with Crippen molar-refractivity contribution in [2.45, 2.75) is 32.1 Å². The number of nitrogens with zero attached hydrogens (tertiary/aromatic N) is 3. The van der Waals surface area contributed by atoms with Crippen molar-refractivity contribution in [1.82, 2.24) is 4.90 Å². The summed E-state index contributed by atoms with van der Waals surface area (Å²) >= 11 is 0. The zero-order valence-electron chi connectivity index (χ0n) is 18.0. The number of nitrogens with one attached hydrogen (secondary N) is 1. The topological polar surface area (TPSA) is 95.8 Å². The normalized spacial score (nSPS) is 18.8. The fourth-order valence-corrected chi connectivity index (χ4v) is 4.53. The molecule has 1 atom stereocenters. The number of amides is 2. The molecular weight excluding hydrogens is 408 g/mol. The number of anilines is 2. The van der Waals surface area contributed by atoms with Gasteiger partial charge in [0, 0.05) is 44.0 Å². The van der Waals surface area contributed by atoms with E-state index in [4.69, 9.17) is 0 Å². The molecule has 8 heteroatoms. The summed E-state index contributed by atoms with van der Waals surface area (Å²) in [5.41, 5.74) is 1.73. The van der Waals surface area contributed by atoms with Crippen LogP contribution in [0, 0.1) is 16.0 Å².